The molecule has 0 aromatic heterocycles. The van der Waals surface area contributed by atoms with Crippen LogP contribution in [-0.2, 0) is 14.6 Å². The minimum Gasteiger partial charge on any atom is -0.435 e. The molecule has 1 amide bonds. The number of carbonyl (C=O) groups is 1. The van der Waals surface area contributed by atoms with Crippen LogP contribution in [0, 0.1) is 0 Å². The van der Waals surface area contributed by atoms with Crippen LogP contribution in [0.3, 0.4) is 0 Å². The van der Waals surface area contributed by atoms with Crippen LogP contribution in [0.2, 0.25) is 0 Å². The molecule has 2 rings (SSSR count). The third-order valence-electron chi connectivity index (χ3n) is 3.60. The average molecular weight is 379 g/mol. The Kier molecular flexibility index (Phi) is 6.45. The molecule has 0 saturated carbocycles. The highest BCUT2D eigenvalue weighted by molar-refractivity contribution is 8.02. The number of halogens is 2. The molecule has 2 unspecified atom stereocenters. The summed E-state index contributed by atoms with van der Waals surface area (Å²) in [5.41, 5.74) is 0.648. The minimum absolute atomic E-state index is 0.0362. The van der Waals surface area contributed by atoms with Crippen molar-refractivity contribution < 1.29 is 26.7 Å². The highest BCUT2D eigenvalue weighted by atomic mass is 32.2. The Morgan fingerprint density at radius 2 is 2.21 bits per heavy atom. The summed E-state index contributed by atoms with van der Waals surface area (Å²) >= 11 is 1.33. The second-order valence-corrected chi connectivity index (χ2v) is 9.09. The Morgan fingerprint density at radius 3 is 2.83 bits per heavy atom. The third-order valence-corrected chi connectivity index (χ3v) is 6.88. The number of nitrogens with one attached hydrogen (secondary N) is 1. The van der Waals surface area contributed by atoms with Gasteiger partial charge in [0.25, 0.3) is 0 Å². The van der Waals surface area contributed by atoms with Gasteiger partial charge in [-0.25, -0.2) is 8.42 Å². The Balaban J connectivity index is 1.83. The van der Waals surface area contributed by atoms with Crippen molar-refractivity contribution in [3.05, 3.63) is 29.8 Å². The van der Waals surface area contributed by atoms with E-state index in [0.29, 0.717) is 12.0 Å². The fourth-order valence-corrected chi connectivity index (χ4v) is 5.87. The number of benzene rings is 1. The number of carbonyl (C=O) groups excluding carboxylic acids is 1. The number of sulfone groups is 1. The lowest BCUT2D eigenvalue weighted by atomic mass is 10.1. The van der Waals surface area contributed by atoms with Gasteiger partial charge in [-0.2, -0.15) is 8.78 Å². The Bertz CT molecular complexity index is 682. The van der Waals surface area contributed by atoms with E-state index in [1.54, 1.807) is 19.1 Å². The van der Waals surface area contributed by atoms with Gasteiger partial charge in [-0.15, -0.1) is 11.8 Å². The zero-order valence-corrected chi connectivity index (χ0v) is 14.7. The zero-order valence-electron chi connectivity index (χ0n) is 13.1. The molecule has 1 aromatic rings. The molecule has 0 bridgehead atoms. The average Bonchev–Trinajstić information content (AvgIpc) is 2.84. The molecule has 9 heteroatoms. The fourth-order valence-electron chi connectivity index (χ4n) is 2.41. The fraction of sp³-hybridized carbons (Fsp3) is 0.533. The zero-order chi connectivity index (χ0) is 17.7. The van der Waals surface area contributed by atoms with Crippen molar-refractivity contribution in [2.45, 2.75) is 31.2 Å². The van der Waals surface area contributed by atoms with Crippen LogP contribution in [0.1, 0.15) is 24.9 Å². The van der Waals surface area contributed by atoms with Crippen LogP contribution in [0.4, 0.5) is 8.78 Å². The van der Waals surface area contributed by atoms with E-state index in [1.165, 1.54) is 23.9 Å². The second kappa shape index (κ2) is 8.15. The van der Waals surface area contributed by atoms with Crippen LogP contribution < -0.4 is 10.1 Å². The standard InChI is InChI=1S/C15H19F2NO4S2/c1-10(11-3-2-4-12(7-11)22-15(16)17)18-14(19)8-23-13-5-6-24(20,21)9-13/h2-4,7,10,13,15H,5-6,8-9H2,1H3,(H,18,19). The first kappa shape index (κ1) is 19.0. The van der Waals surface area contributed by atoms with E-state index >= 15 is 0 Å². The summed E-state index contributed by atoms with van der Waals surface area (Å²) in [5.74, 6) is 0.274. The van der Waals surface area contributed by atoms with E-state index in [9.17, 15) is 22.0 Å². The molecule has 134 valence electrons. The highest BCUT2D eigenvalue weighted by Crippen LogP contribution is 2.25. The van der Waals surface area contributed by atoms with Crippen molar-refractivity contribution >= 4 is 27.5 Å². The van der Waals surface area contributed by atoms with Crippen LogP contribution in [0.15, 0.2) is 24.3 Å². The molecule has 1 heterocycles. The second-order valence-electron chi connectivity index (χ2n) is 5.58. The Hall–Kier alpha value is -1.35. The van der Waals surface area contributed by atoms with Crippen LogP contribution in [0.5, 0.6) is 5.75 Å². The molecule has 24 heavy (non-hydrogen) atoms. The van der Waals surface area contributed by atoms with E-state index in [2.05, 4.69) is 10.1 Å². The molecular formula is C15H19F2NO4S2. The summed E-state index contributed by atoms with van der Waals surface area (Å²) in [6, 6.07) is 5.79. The number of ether oxygens (including phenoxy) is 1. The molecule has 5 nitrogen and oxygen atoms in total. The van der Waals surface area contributed by atoms with E-state index in [4.69, 9.17) is 0 Å². The van der Waals surface area contributed by atoms with Gasteiger partial charge in [0.05, 0.1) is 23.3 Å². The van der Waals surface area contributed by atoms with Gasteiger partial charge >= 0.3 is 6.61 Å². The van der Waals surface area contributed by atoms with Gasteiger partial charge in [-0.05, 0) is 31.0 Å². The topological polar surface area (TPSA) is 72.5 Å². The normalized spacial score (nSPS) is 20.8. The van der Waals surface area contributed by atoms with Gasteiger partial charge < -0.3 is 10.1 Å². The van der Waals surface area contributed by atoms with Crippen molar-refractivity contribution in [1.29, 1.82) is 0 Å². The lowest BCUT2D eigenvalue weighted by Gasteiger charge is -2.16. The molecule has 1 aliphatic heterocycles. The van der Waals surface area contributed by atoms with Crippen molar-refractivity contribution in [2.24, 2.45) is 0 Å². The molecule has 1 aliphatic rings. The molecule has 0 aliphatic carbocycles. The van der Waals surface area contributed by atoms with Gasteiger partial charge in [0, 0.05) is 5.25 Å². The third kappa shape index (κ3) is 5.94. The number of rotatable bonds is 7. The van der Waals surface area contributed by atoms with Crippen molar-refractivity contribution in [3.63, 3.8) is 0 Å². The number of hydrogen-bond acceptors (Lipinski definition) is 5. The molecular weight excluding hydrogens is 360 g/mol. The first-order chi connectivity index (χ1) is 11.2. The number of thioether (sulfide) groups is 1. The number of amides is 1. The first-order valence-electron chi connectivity index (χ1n) is 7.41. The Labute approximate surface area is 144 Å². The maximum absolute atomic E-state index is 12.2. The monoisotopic (exact) mass is 379 g/mol. The number of alkyl halides is 2. The minimum atomic E-state index is -2.95. The van der Waals surface area contributed by atoms with E-state index in [0.717, 1.165) is 0 Å². The molecule has 1 saturated heterocycles. The van der Waals surface area contributed by atoms with Gasteiger partial charge in [-0.1, -0.05) is 12.1 Å². The van der Waals surface area contributed by atoms with Crippen molar-refractivity contribution in [3.8, 4) is 5.75 Å². The predicted molar refractivity (Wildman–Crippen MR) is 89.1 cm³/mol. The highest BCUT2D eigenvalue weighted by Gasteiger charge is 2.28. The van der Waals surface area contributed by atoms with Crippen LogP contribution >= 0.6 is 11.8 Å². The van der Waals surface area contributed by atoms with Gasteiger partial charge in [0.2, 0.25) is 5.91 Å². The molecule has 2 atom stereocenters. The van der Waals surface area contributed by atoms with E-state index in [-0.39, 0.29) is 40.2 Å². The van der Waals surface area contributed by atoms with Crippen LogP contribution in [0.25, 0.3) is 0 Å². The molecule has 1 N–H and O–H groups in total. The van der Waals surface area contributed by atoms with E-state index < -0.39 is 16.4 Å². The summed E-state index contributed by atoms with van der Waals surface area (Å²) in [5, 5.41) is 2.73. The van der Waals surface area contributed by atoms with Gasteiger partial charge in [-0.3, -0.25) is 4.79 Å². The van der Waals surface area contributed by atoms with E-state index in [1.807, 2.05) is 0 Å². The summed E-state index contributed by atoms with van der Waals surface area (Å²) in [4.78, 5) is 12.0. The van der Waals surface area contributed by atoms with Gasteiger partial charge in [0.15, 0.2) is 9.84 Å². The van der Waals surface area contributed by atoms with Crippen molar-refractivity contribution in [2.75, 3.05) is 17.3 Å². The first-order valence-corrected chi connectivity index (χ1v) is 10.3. The summed E-state index contributed by atoms with van der Waals surface area (Å²) < 4.78 is 51.6. The number of hydrogen-bond donors (Lipinski definition) is 1. The SMILES string of the molecule is CC(NC(=O)CSC1CCS(=O)(=O)C1)c1cccc(OC(F)F)c1. The van der Waals surface area contributed by atoms with Gasteiger partial charge in [0.1, 0.15) is 5.75 Å². The molecule has 0 spiro atoms. The van der Waals surface area contributed by atoms with Crippen LogP contribution in [-0.4, -0.2) is 43.4 Å². The largest absolute Gasteiger partial charge is 0.435 e. The summed E-state index contributed by atoms with van der Waals surface area (Å²) in [6.07, 6.45) is 0.572. The maximum Gasteiger partial charge on any atom is 0.387 e. The predicted octanol–water partition coefficient (Wildman–Crippen LogP) is 2.39. The quantitative estimate of drug-likeness (QED) is 0.788. The smallest absolute Gasteiger partial charge is 0.387 e. The summed E-state index contributed by atoms with van der Waals surface area (Å²) in [7, 11) is -2.95. The Morgan fingerprint density at radius 1 is 1.46 bits per heavy atom. The van der Waals surface area contributed by atoms with Crippen molar-refractivity contribution in [1.82, 2.24) is 5.32 Å². The maximum atomic E-state index is 12.2. The summed E-state index contributed by atoms with van der Waals surface area (Å²) in [6.45, 7) is -1.16. The lowest BCUT2D eigenvalue weighted by molar-refractivity contribution is -0.119. The molecule has 0 radical (unpaired) electrons. The molecule has 1 aromatic carbocycles. The lowest BCUT2D eigenvalue weighted by Crippen LogP contribution is -2.29. The molecule has 1 fully saturated rings.